The average molecular weight is 242 g/mol. The molecular formula is C9H15NaO6. The number of carboxylic acid groups (broad SMARTS) is 1. The summed E-state index contributed by atoms with van der Waals surface area (Å²) >= 11 is 0. The fraction of sp³-hybridized carbons (Fsp3) is 0.556. The number of rotatable bonds is 0. The number of hydrogen-bond acceptors (Lipinski definition) is 6. The maximum absolute atomic E-state index is 9.81. The zero-order valence-corrected chi connectivity index (χ0v) is 12.4. The van der Waals surface area contributed by atoms with Crippen LogP contribution < -0.4 is 34.7 Å². The van der Waals surface area contributed by atoms with Crippen molar-refractivity contribution in [3.05, 3.63) is 0 Å². The Labute approximate surface area is 117 Å². The molecule has 0 unspecified atom stereocenters. The number of carboxylic acids is 1. The number of aliphatic carboxylic acids is 1. The average Bonchev–Trinajstić information content (AvgIpc) is 1.78. The number of ketones is 1. The van der Waals surface area contributed by atoms with Crippen LogP contribution in [-0.2, 0) is 23.9 Å². The summed E-state index contributed by atoms with van der Waals surface area (Å²) in [7, 11) is 0. The van der Waals surface area contributed by atoms with Gasteiger partial charge in [0.15, 0.2) is 0 Å². The van der Waals surface area contributed by atoms with Crippen molar-refractivity contribution in [2.75, 3.05) is 0 Å². The smallest absolute Gasteiger partial charge is 0.550 e. The van der Waals surface area contributed by atoms with Gasteiger partial charge in [-0.2, -0.15) is 0 Å². The van der Waals surface area contributed by atoms with Crippen LogP contribution >= 0.6 is 0 Å². The van der Waals surface area contributed by atoms with Gasteiger partial charge >= 0.3 is 41.5 Å². The van der Waals surface area contributed by atoms with E-state index in [1.54, 1.807) is 0 Å². The van der Waals surface area contributed by atoms with Gasteiger partial charge in [0.25, 0.3) is 0 Å². The first-order valence-corrected chi connectivity index (χ1v) is 3.93. The van der Waals surface area contributed by atoms with Gasteiger partial charge in [-0.15, -0.1) is 0 Å². The third kappa shape index (κ3) is 186. The molecule has 7 heteroatoms. The van der Waals surface area contributed by atoms with Crippen LogP contribution in [0.1, 0.15) is 34.6 Å². The van der Waals surface area contributed by atoms with Crippen molar-refractivity contribution < 1.29 is 58.6 Å². The van der Waals surface area contributed by atoms with Gasteiger partial charge in [-0.1, -0.05) is 0 Å². The first-order chi connectivity index (χ1) is 6.59. The maximum Gasteiger partial charge on any atom is 1.00 e. The van der Waals surface area contributed by atoms with Crippen LogP contribution in [-0.4, -0.2) is 23.7 Å². The molecule has 16 heavy (non-hydrogen) atoms. The third-order valence-electron chi connectivity index (χ3n) is 0.287. The monoisotopic (exact) mass is 242 g/mol. The fourth-order valence-electron chi connectivity index (χ4n) is 0.202. The van der Waals surface area contributed by atoms with Crippen molar-refractivity contribution in [3.63, 3.8) is 0 Å². The van der Waals surface area contributed by atoms with E-state index in [1.807, 2.05) is 0 Å². The van der Waals surface area contributed by atoms with Gasteiger partial charge < -0.3 is 19.4 Å². The standard InChI is InChI=1S/C4H6O3.C3H6O.C2H4O2.Na/c1-3(5)7-4(2)6;1-3(2)4;1-2(3)4;/h1-2H3;1-2H3;1H3,(H,3,4);/q;;;+1/p-1. The second-order valence-electron chi connectivity index (χ2n) is 2.49. The minimum atomic E-state index is -1.08. The Kier molecular flexibility index (Phi) is 25.6. The first kappa shape index (κ1) is 24.5. The summed E-state index contributed by atoms with van der Waals surface area (Å²) < 4.78 is 3.97. The topological polar surface area (TPSA) is 101 Å². The molecule has 0 fully saturated rings. The number of esters is 2. The Bertz CT molecular complexity index is 204. The number of ether oxygens (including phenoxy) is 1. The van der Waals surface area contributed by atoms with Crippen LogP contribution in [0.25, 0.3) is 0 Å². The molecule has 0 amide bonds. The molecule has 88 valence electrons. The van der Waals surface area contributed by atoms with E-state index in [0.717, 1.165) is 6.92 Å². The van der Waals surface area contributed by atoms with Crippen molar-refractivity contribution in [3.8, 4) is 0 Å². The van der Waals surface area contributed by atoms with Gasteiger partial charge in [0.2, 0.25) is 0 Å². The minimum absolute atomic E-state index is 0. The Morgan fingerprint density at radius 1 is 0.812 bits per heavy atom. The van der Waals surface area contributed by atoms with Gasteiger partial charge in [-0.05, 0) is 20.8 Å². The molecular weight excluding hydrogens is 227 g/mol. The maximum atomic E-state index is 9.81. The molecule has 6 nitrogen and oxygen atoms in total. The predicted molar refractivity (Wildman–Crippen MR) is 49.5 cm³/mol. The van der Waals surface area contributed by atoms with Crippen molar-refractivity contribution >= 4 is 23.7 Å². The van der Waals surface area contributed by atoms with Crippen LogP contribution in [0.15, 0.2) is 0 Å². The van der Waals surface area contributed by atoms with Gasteiger partial charge in [-0.3, -0.25) is 9.59 Å². The zero-order valence-electron chi connectivity index (χ0n) is 10.4. The van der Waals surface area contributed by atoms with Crippen LogP contribution in [0.3, 0.4) is 0 Å². The molecule has 0 aliphatic rings. The molecule has 0 aliphatic heterocycles. The summed E-state index contributed by atoms with van der Waals surface area (Å²) in [6, 6.07) is 0. The quantitative estimate of drug-likeness (QED) is 0.248. The molecule has 0 spiro atoms. The second kappa shape index (κ2) is 16.7. The molecule has 0 aromatic rings. The largest absolute Gasteiger partial charge is 1.00 e. The van der Waals surface area contributed by atoms with E-state index in [0.29, 0.717) is 0 Å². The molecule has 0 saturated heterocycles. The molecule has 0 N–H and O–H groups in total. The van der Waals surface area contributed by atoms with Crippen LogP contribution in [0, 0.1) is 0 Å². The van der Waals surface area contributed by atoms with Gasteiger partial charge in [-0.25, -0.2) is 0 Å². The van der Waals surface area contributed by atoms with E-state index in [1.165, 1.54) is 27.7 Å². The van der Waals surface area contributed by atoms with Crippen molar-refractivity contribution in [1.82, 2.24) is 0 Å². The van der Waals surface area contributed by atoms with E-state index >= 15 is 0 Å². The Morgan fingerprint density at radius 3 is 0.938 bits per heavy atom. The summed E-state index contributed by atoms with van der Waals surface area (Å²) in [5.74, 6) is -2.04. The van der Waals surface area contributed by atoms with Gasteiger partial charge in [0.1, 0.15) is 5.78 Å². The predicted octanol–water partition coefficient (Wildman–Crippen LogP) is -3.55. The van der Waals surface area contributed by atoms with E-state index in [2.05, 4.69) is 4.74 Å². The second-order valence-corrected chi connectivity index (χ2v) is 2.49. The van der Waals surface area contributed by atoms with Crippen molar-refractivity contribution in [2.45, 2.75) is 34.6 Å². The van der Waals surface area contributed by atoms with Crippen molar-refractivity contribution in [2.24, 2.45) is 0 Å². The number of carbonyl (C=O) groups excluding carboxylic acids is 4. The molecule has 0 saturated carbocycles. The van der Waals surface area contributed by atoms with E-state index < -0.39 is 17.9 Å². The molecule has 0 rings (SSSR count). The van der Waals surface area contributed by atoms with Gasteiger partial charge in [0, 0.05) is 19.8 Å². The molecule has 0 bridgehead atoms. The number of Topliss-reactive ketones (excluding diaryl/α,β-unsaturated/α-hetero) is 1. The van der Waals surface area contributed by atoms with Crippen LogP contribution in [0.2, 0.25) is 0 Å². The Hall–Kier alpha value is -0.720. The fourth-order valence-corrected chi connectivity index (χ4v) is 0.202. The normalized spacial score (nSPS) is 6.56. The SMILES string of the molecule is CC(=O)OC(C)=O.CC(=O)[O-].CC(C)=O.[Na+]. The zero-order chi connectivity index (χ0) is 13.0. The van der Waals surface area contributed by atoms with Crippen molar-refractivity contribution in [1.29, 1.82) is 0 Å². The molecule has 0 aromatic heterocycles. The summed E-state index contributed by atoms with van der Waals surface area (Å²) in [5.41, 5.74) is 0. The third-order valence-corrected chi connectivity index (χ3v) is 0.287. The first-order valence-electron chi connectivity index (χ1n) is 3.93. The molecule has 0 atom stereocenters. The number of hydrogen-bond donors (Lipinski definition) is 0. The molecule has 0 aliphatic carbocycles. The summed E-state index contributed by atoms with van der Waals surface area (Å²) in [4.78, 5) is 38.0. The van der Waals surface area contributed by atoms with E-state index in [4.69, 9.17) is 9.90 Å². The Balaban J connectivity index is -0.0000000700. The number of carbonyl (C=O) groups is 4. The van der Waals surface area contributed by atoms with Crippen LogP contribution in [0.4, 0.5) is 0 Å². The Morgan fingerprint density at radius 2 is 0.938 bits per heavy atom. The van der Waals surface area contributed by atoms with Gasteiger partial charge in [0.05, 0.1) is 0 Å². The molecule has 0 aromatic carbocycles. The summed E-state index contributed by atoms with van der Waals surface area (Å²) in [6.45, 7) is 6.39. The summed E-state index contributed by atoms with van der Waals surface area (Å²) in [5, 5.41) is 8.89. The van der Waals surface area contributed by atoms with Crippen LogP contribution in [0.5, 0.6) is 0 Å². The van der Waals surface area contributed by atoms with E-state index in [9.17, 15) is 14.4 Å². The summed E-state index contributed by atoms with van der Waals surface area (Å²) in [6.07, 6.45) is 0. The minimum Gasteiger partial charge on any atom is -0.550 e. The molecule has 0 radical (unpaired) electrons. The van der Waals surface area contributed by atoms with E-state index in [-0.39, 0.29) is 35.3 Å². The molecule has 0 heterocycles.